The molecule has 1 aliphatic heterocycles. The van der Waals surface area contributed by atoms with Crippen molar-refractivity contribution in [1.82, 2.24) is 10.0 Å². The first-order chi connectivity index (χ1) is 15.8. The molecule has 0 N–H and O–H groups in total. The third-order valence-electron chi connectivity index (χ3n) is 6.85. The zero-order chi connectivity index (χ0) is 23.4. The Balaban J connectivity index is 1.56. The fraction of sp³-hybridized carbons (Fsp3) is 0.280. The van der Waals surface area contributed by atoms with Crippen LogP contribution in [0.25, 0.3) is 0 Å². The summed E-state index contributed by atoms with van der Waals surface area (Å²) in [5.41, 5.74) is 0.415. The molecule has 2 aromatic rings. The minimum absolute atomic E-state index is 0.0269. The average Bonchev–Trinajstić information content (AvgIpc) is 3.49. The number of nitrogens with zero attached hydrogens (tertiary/aromatic N) is 2. The van der Waals surface area contributed by atoms with Crippen molar-refractivity contribution in [2.75, 3.05) is 0 Å². The number of amides is 3. The van der Waals surface area contributed by atoms with Gasteiger partial charge in [-0.15, -0.1) is 0 Å². The molecule has 3 aliphatic rings. The summed E-state index contributed by atoms with van der Waals surface area (Å²) in [4.78, 5) is 54.0. The van der Waals surface area contributed by atoms with Crippen molar-refractivity contribution in [3.05, 3.63) is 81.9 Å². The topological polar surface area (TPSA) is 74.8 Å². The van der Waals surface area contributed by atoms with Crippen LogP contribution in [0.3, 0.4) is 0 Å². The van der Waals surface area contributed by atoms with E-state index in [2.05, 4.69) is 0 Å². The first-order valence-electron chi connectivity index (χ1n) is 10.7. The van der Waals surface area contributed by atoms with Gasteiger partial charge in [0.05, 0.1) is 22.4 Å². The number of allylic oxidation sites excluding steroid dienone is 2. The van der Waals surface area contributed by atoms with E-state index >= 15 is 0 Å². The largest absolute Gasteiger partial charge is 0.292 e. The van der Waals surface area contributed by atoms with Crippen molar-refractivity contribution in [3.63, 3.8) is 0 Å². The molecule has 0 spiro atoms. The number of carbonyl (C=O) groups is 4. The zero-order valence-corrected chi connectivity index (χ0v) is 19.2. The van der Waals surface area contributed by atoms with Gasteiger partial charge < -0.3 is 0 Å². The molecule has 2 fully saturated rings. The Morgan fingerprint density at radius 1 is 0.939 bits per heavy atom. The van der Waals surface area contributed by atoms with Crippen LogP contribution in [0.2, 0.25) is 10.0 Å². The van der Waals surface area contributed by atoms with Crippen LogP contribution in [0.4, 0.5) is 0 Å². The van der Waals surface area contributed by atoms with E-state index in [9.17, 15) is 19.2 Å². The van der Waals surface area contributed by atoms with E-state index in [0.717, 1.165) is 16.4 Å². The van der Waals surface area contributed by atoms with Crippen LogP contribution >= 0.6 is 23.2 Å². The summed E-state index contributed by atoms with van der Waals surface area (Å²) in [6.45, 7) is 1.51. The lowest BCUT2D eigenvalue weighted by atomic mass is 9.85. The van der Waals surface area contributed by atoms with Gasteiger partial charge in [-0.2, -0.15) is 5.01 Å². The highest BCUT2D eigenvalue weighted by atomic mass is 35.5. The van der Waals surface area contributed by atoms with Crippen LogP contribution in [-0.4, -0.2) is 39.6 Å². The number of hydrazine groups is 1. The number of Topliss-reactive ketones (excluding diaryl/α,β-unsaturated/α-hetero) is 1. The van der Waals surface area contributed by atoms with Gasteiger partial charge in [0.2, 0.25) is 0 Å². The number of carbonyl (C=O) groups excluding carboxylic acids is 4. The summed E-state index contributed by atoms with van der Waals surface area (Å²) in [5, 5.41) is 2.51. The van der Waals surface area contributed by atoms with Crippen LogP contribution in [-0.2, 0) is 9.59 Å². The Hall–Kier alpha value is -2.96. The predicted molar refractivity (Wildman–Crippen MR) is 122 cm³/mol. The summed E-state index contributed by atoms with van der Waals surface area (Å²) >= 11 is 12.2. The van der Waals surface area contributed by atoms with Gasteiger partial charge in [0, 0.05) is 10.6 Å². The molecule has 0 unspecified atom stereocenters. The van der Waals surface area contributed by atoms with Gasteiger partial charge >= 0.3 is 0 Å². The minimum Gasteiger partial charge on any atom is -0.292 e. The highest BCUT2D eigenvalue weighted by molar-refractivity contribution is 6.34. The summed E-state index contributed by atoms with van der Waals surface area (Å²) < 4.78 is 0. The Kier molecular flexibility index (Phi) is 5.38. The predicted octanol–water partition coefficient (Wildman–Crippen LogP) is 4.43. The average molecular weight is 483 g/mol. The first kappa shape index (κ1) is 21.9. The van der Waals surface area contributed by atoms with Gasteiger partial charge in [0.15, 0.2) is 5.78 Å². The Morgan fingerprint density at radius 3 is 2.09 bits per heavy atom. The fourth-order valence-electron chi connectivity index (χ4n) is 5.26. The highest BCUT2D eigenvalue weighted by Crippen LogP contribution is 2.53. The third-order valence-corrected chi connectivity index (χ3v) is 7.43. The number of rotatable bonds is 5. The van der Waals surface area contributed by atoms with Crippen LogP contribution in [0.15, 0.2) is 60.7 Å². The summed E-state index contributed by atoms with van der Waals surface area (Å²) in [7, 11) is 0. The maximum atomic E-state index is 13.7. The molecule has 3 amide bonds. The van der Waals surface area contributed by atoms with Gasteiger partial charge in [-0.1, -0.05) is 47.5 Å². The first-order valence-corrected chi connectivity index (χ1v) is 11.5. The molecule has 2 bridgehead atoms. The molecule has 2 aromatic carbocycles. The Labute approximate surface area is 200 Å². The fourth-order valence-corrected chi connectivity index (χ4v) is 5.61. The molecule has 0 aromatic heterocycles. The number of fused-ring (bicyclic) bond motifs is 5. The number of hydrogen-bond donors (Lipinski definition) is 0. The van der Waals surface area contributed by atoms with E-state index in [-0.39, 0.29) is 22.4 Å². The maximum Gasteiger partial charge on any atom is 0.275 e. The van der Waals surface area contributed by atoms with Gasteiger partial charge in [0.25, 0.3) is 17.7 Å². The molecule has 168 valence electrons. The Morgan fingerprint density at radius 2 is 1.52 bits per heavy atom. The second kappa shape index (κ2) is 8.12. The molecular formula is C25H20Cl2N2O4. The van der Waals surface area contributed by atoms with Crippen LogP contribution in [0.1, 0.15) is 34.1 Å². The normalized spacial score (nSPS) is 26.0. The molecule has 1 saturated carbocycles. The Bertz CT molecular complexity index is 1180. The van der Waals surface area contributed by atoms with Crippen LogP contribution < -0.4 is 0 Å². The molecule has 33 heavy (non-hydrogen) atoms. The smallest absolute Gasteiger partial charge is 0.275 e. The van der Waals surface area contributed by atoms with Crippen molar-refractivity contribution in [2.45, 2.75) is 19.4 Å². The lowest BCUT2D eigenvalue weighted by molar-refractivity contribution is -0.157. The second-order valence-electron chi connectivity index (χ2n) is 8.66. The van der Waals surface area contributed by atoms with E-state index < -0.39 is 41.4 Å². The SMILES string of the molecule is C[C@@H](C(=O)c1ccc(Cl)cc1)N(C(=O)c1ccccc1Cl)N1C(=O)[C@@H]2[C@H](C1=O)[C@H]1C=C[C@H]2C1. The minimum atomic E-state index is -1.13. The van der Waals surface area contributed by atoms with Gasteiger partial charge in [-0.3, -0.25) is 19.2 Å². The van der Waals surface area contributed by atoms with Gasteiger partial charge in [-0.25, -0.2) is 5.01 Å². The molecule has 5 rings (SSSR count). The number of ketones is 1. The molecular weight excluding hydrogens is 463 g/mol. The second-order valence-corrected chi connectivity index (χ2v) is 9.51. The number of imide groups is 1. The monoisotopic (exact) mass is 482 g/mol. The van der Waals surface area contributed by atoms with Crippen molar-refractivity contribution < 1.29 is 19.2 Å². The molecule has 0 radical (unpaired) electrons. The number of benzene rings is 2. The van der Waals surface area contributed by atoms with Gasteiger partial charge in [0.1, 0.15) is 6.04 Å². The lowest BCUT2D eigenvalue weighted by Gasteiger charge is -2.35. The number of hydrogen-bond acceptors (Lipinski definition) is 4. The summed E-state index contributed by atoms with van der Waals surface area (Å²) in [6.07, 6.45) is 4.71. The number of halogens is 2. The van der Waals surface area contributed by atoms with Crippen LogP contribution in [0, 0.1) is 23.7 Å². The molecule has 1 saturated heterocycles. The highest BCUT2D eigenvalue weighted by Gasteiger charge is 2.61. The standard InChI is InChI=1S/C25H20Cl2N2O4/c1-13(22(30)14-8-10-17(26)11-9-14)28(23(31)18-4-2-3-5-19(18)27)29-24(32)20-15-6-7-16(12-15)21(20)25(29)33/h2-11,13,15-16,20-21H,12H2,1H3/t13-,15-,16-,20-,21+/m0/s1. The van der Waals surface area contributed by atoms with E-state index in [1.807, 2.05) is 12.2 Å². The van der Waals surface area contributed by atoms with Crippen molar-refractivity contribution in [3.8, 4) is 0 Å². The van der Waals surface area contributed by atoms with Crippen molar-refractivity contribution >= 4 is 46.7 Å². The van der Waals surface area contributed by atoms with E-state index in [1.54, 1.807) is 42.5 Å². The molecule has 6 nitrogen and oxygen atoms in total. The molecule has 2 aliphatic carbocycles. The van der Waals surface area contributed by atoms with Crippen LogP contribution in [0.5, 0.6) is 0 Å². The van der Waals surface area contributed by atoms with E-state index in [4.69, 9.17) is 23.2 Å². The quantitative estimate of drug-likeness (QED) is 0.358. The lowest BCUT2D eigenvalue weighted by Crippen LogP contribution is -2.57. The van der Waals surface area contributed by atoms with Crippen molar-refractivity contribution in [2.24, 2.45) is 23.7 Å². The molecule has 1 heterocycles. The van der Waals surface area contributed by atoms with Crippen molar-refractivity contribution in [1.29, 1.82) is 0 Å². The maximum absolute atomic E-state index is 13.7. The molecule has 5 atom stereocenters. The molecule has 8 heteroatoms. The summed E-state index contributed by atoms with van der Waals surface area (Å²) in [6, 6.07) is 11.5. The third kappa shape index (κ3) is 3.40. The van der Waals surface area contributed by atoms with Gasteiger partial charge in [-0.05, 0) is 61.6 Å². The van der Waals surface area contributed by atoms with E-state index in [1.165, 1.54) is 13.0 Å². The summed E-state index contributed by atoms with van der Waals surface area (Å²) in [5.74, 6) is -3.07. The zero-order valence-electron chi connectivity index (χ0n) is 17.7. The van der Waals surface area contributed by atoms with E-state index in [0.29, 0.717) is 10.6 Å².